The van der Waals surface area contributed by atoms with E-state index < -0.39 is 0 Å². The molecule has 0 atom stereocenters. The third-order valence-corrected chi connectivity index (χ3v) is 7.88. The van der Waals surface area contributed by atoms with Gasteiger partial charge < -0.3 is 8.83 Å². The predicted octanol–water partition coefficient (Wildman–Crippen LogP) is 9.55. The van der Waals surface area contributed by atoms with Gasteiger partial charge in [-0.05, 0) is 71.3 Å². The Morgan fingerprint density at radius 2 is 1.17 bits per heavy atom. The second-order valence-corrected chi connectivity index (χ2v) is 10.3. The fourth-order valence-corrected chi connectivity index (χ4v) is 5.97. The highest BCUT2D eigenvalue weighted by atomic mass is 16.3. The van der Waals surface area contributed by atoms with Crippen molar-refractivity contribution in [1.82, 2.24) is 15.0 Å². The highest BCUT2D eigenvalue weighted by Gasteiger charge is 2.19. The van der Waals surface area contributed by atoms with Crippen molar-refractivity contribution in [3.8, 4) is 27.9 Å². The maximum absolute atomic E-state index is 6.24. The molecule has 0 spiro atoms. The van der Waals surface area contributed by atoms with Gasteiger partial charge >= 0.3 is 0 Å². The molecule has 0 unspecified atom stereocenters. The van der Waals surface area contributed by atoms with E-state index >= 15 is 0 Å². The Morgan fingerprint density at radius 3 is 2.05 bits per heavy atom. The van der Waals surface area contributed by atoms with Crippen molar-refractivity contribution in [2.24, 2.45) is 0 Å². The fraction of sp³-hybridized carbons (Fsp3) is 0. The van der Waals surface area contributed by atoms with Gasteiger partial charge in [0.1, 0.15) is 33.4 Å². The van der Waals surface area contributed by atoms with Crippen molar-refractivity contribution in [2.75, 3.05) is 0 Å². The number of hydrogen-bond donors (Lipinski definition) is 0. The Bertz CT molecular complexity index is 2430. The minimum atomic E-state index is 0.816. The van der Waals surface area contributed by atoms with Crippen LogP contribution in [0, 0.1) is 0 Å². The van der Waals surface area contributed by atoms with E-state index in [-0.39, 0.29) is 0 Å². The lowest BCUT2D eigenvalue weighted by Gasteiger charge is -2.09. The van der Waals surface area contributed by atoms with E-state index in [9.17, 15) is 0 Å². The summed E-state index contributed by atoms with van der Waals surface area (Å²) in [6.07, 6.45) is 0. The van der Waals surface area contributed by atoms with E-state index in [2.05, 4.69) is 48.5 Å². The van der Waals surface area contributed by atoms with E-state index in [1.807, 2.05) is 78.9 Å². The van der Waals surface area contributed by atoms with Crippen LogP contribution in [-0.4, -0.2) is 15.0 Å². The highest BCUT2D eigenvalue weighted by Crippen LogP contribution is 2.41. The Kier molecular flexibility index (Phi) is 4.55. The molecule has 0 amide bonds. The van der Waals surface area contributed by atoms with Crippen molar-refractivity contribution in [3.05, 3.63) is 127 Å². The van der Waals surface area contributed by atoms with Crippen molar-refractivity contribution < 1.29 is 8.83 Å². The molecule has 9 aromatic rings. The molecule has 5 nitrogen and oxygen atoms in total. The first kappa shape index (κ1) is 22.2. The molecule has 0 aliphatic carbocycles. The van der Waals surface area contributed by atoms with Crippen LogP contribution in [-0.2, 0) is 0 Å². The second kappa shape index (κ2) is 8.41. The van der Waals surface area contributed by atoms with Gasteiger partial charge in [-0.1, -0.05) is 72.8 Å². The van der Waals surface area contributed by atoms with Crippen LogP contribution in [0.4, 0.5) is 0 Å². The van der Waals surface area contributed by atoms with Gasteiger partial charge in [-0.2, -0.15) is 4.80 Å². The summed E-state index contributed by atoms with van der Waals surface area (Å²) in [7, 11) is 0. The minimum absolute atomic E-state index is 0.816. The SMILES string of the molecule is c1ccc(-n2nc3cc(-c4ccc5c(c4)oc4ccccc45)cc(-c4cccc5oc6ccccc6c45)c3n2)cc1. The summed E-state index contributed by atoms with van der Waals surface area (Å²) in [5.74, 6) is 0. The summed E-state index contributed by atoms with van der Waals surface area (Å²) in [6.45, 7) is 0. The van der Waals surface area contributed by atoms with E-state index in [4.69, 9.17) is 19.0 Å². The van der Waals surface area contributed by atoms with Crippen molar-refractivity contribution >= 4 is 54.9 Å². The first-order chi connectivity index (χ1) is 20.3. The second-order valence-electron chi connectivity index (χ2n) is 10.3. The van der Waals surface area contributed by atoms with Crippen LogP contribution in [0.3, 0.4) is 0 Å². The zero-order valence-electron chi connectivity index (χ0n) is 21.8. The Morgan fingerprint density at radius 1 is 0.463 bits per heavy atom. The van der Waals surface area contributed by atoms with Crippen LogP contribution in [0.15, 0.2) is 136 Å². The molecule has 0 fully saturated rings. The smallest absolute Gasteiger partial charge is 0.136 e. The van der Waals surface area contributed by atoms with Crippen LogP contribution >= 0.6 is 0 Å². The number of aromatic nitrogens is 3. The molecule has 0 saturated heterocycles. The lowest BCUT2D eigenvalue weighted by molar-refractivity contribution is 0.668. The number of para-hydroxylation sites is 3. The molecule has 0 radical (unpaired) electrons. The molecule has 0 saturated carbocycles. The molecular weight excluding hydrogens is 506 g/mol. The number of nitrogens with zero attached hydrogens (tertiary/aromatic N) is 3. The first-order valence-corrected chi connectivity index (χ1v) is 13.6. The highest BCUT2D eigenvalue weighted by molar-refractivity contribution is 6.15. The van der Waals surface area contributed by atoms with E-state index in [0.29, 0.717) is 0 Å². The lowest BCUT2D eigenvalue weighted by Crippen LogP contribution is -1.97. The van der Waals surface area contributed by atoms with Crippen LogP contribution in [0.25, 0.3) is 82.9 Å². The van der Waals surface area contributed by atoms with E-state index in [0.717, 1.165) is 82.9 Å². The number of rotatable bonds is 3. The normalized spacial score (nSPS) is 11.9. The fourth-order valence-electron chi connectivity index (χ4n) is 5.97. The molecule has 0 bridgehead atoms. The monoisotopic (exact) mass is 527 g/mol. The average Bonchev–Trinajstić information content (AvgIpc) is 3.73. The largest absolute Gasteiger partial charge is 0.456 e. The quantitative estimate of drug-likeness (QED) is 0.230. The standard InChI is InChI=1S/C36H21N3O2/c1-2-9-24(10-3-1)39-37-30-20-23(22-17-18-26-25-11-4-6-14-31(25)41-34(26)21-22)19-29(36(30)38-39)27-13-8-16-33-35(27)28-12-5-7-15-32(28)40-33/h1-21H. The first-order valence-electron chi connectivity index (χ1n) is 13.6. The topological polar surface area (TPSA) is 57.0 Å². The molecule has 6 aromatic carbocycles. The summed E-state index contributed by atoms with van der Waals surface area (Å²) in [4.78, 5) is 1.72. The molecule has 41 heavy (non-hydrogen) atoms. The van der Waals surface area contributed by atoms with Crippen LogP contribution in [0.1, 0.15) is 0 Å². The van der Waals surface area contributed by atoms with Gasteiger partial charge in [0.05, 0.1) is 5.69 Å². The Balaban J connectivity index is 1.34. The zero-order valence-corrected chi connectivity index (χ0v) is 21.8. The molecule has 0 aliphatic heterocycles. The third-order valence-electron chi connectivity index (χ3n) is 7.88. The van der Waals surface area contributed by atoms with E-state index in [1.54, 1.807) is 4.80 Å². The number of benzene rings is 6. The summed E-state index contributed by atoms with van der Waals surface area (Å²) < 4.78 is 12.5. The maximum atomic E-state index is 6.24. The predicted molar refractivity (Wildman–Crippen MR) is 164 cm³/mol. The van der Waals surface area contributed by atoms with Crippen molar-refractivity contribution in [3.63, 3.8) is 0 Å². The summed E-state index contributed by atoms with van der Waals surface area (Å²) in [6, 6.07) is 43.3. The molecule has 9 rings (SSSR count). The summed E-state index contributed by atoms with van der Waals surface area (Å²) in [5, 5.41) is 14.3. The molecule has 0 N–H and O–H groups in total. The van der Waals surface area contributed by atoms with Gasteiger partial charge in [0.25, 0.3) is 0 Å². The van der Waals surface area contributed by atoms with Gasteiger partial charge in [0.15, 0.2) is 0 Å². The van der Waals surface area contributed by atoms with Crippen molar-refractivity contribution in [2.45, 2.75) is 0 Å². The van der Waals surface area contributed by atoms with Gasteiger partial charge in [0, 0.05) is 27.1 Å². The van der Waals surface area contributed by atoms with Gasteiger partial charge in [0.2, 0.25) is 0 Å². The van der Waals surface area contributed by atoms with Gasteiger partial charge in [-0.25, -0.2) is 0 Å². The maximum Gasteiger partial charge on any atom is 0.136 e. The lowest BCUT2D eigenvalue weighted by atomic mass is 9.94. The third kappa shape index (κ3) is 3.36. The van der Waals surface area contributed by atoms with Crippen molar-refractivity contribution in [1.29, 1.82) is 0 Å². The molecule has 3 heterocycles. The minimum Gasteiger partial charge on any atom is -0.456 e. The summed E-state index contributed by atoms with van der Waals surface area (Å²) in [5.41, 5.74) is 10.2. The van der Waals surface area contributed by atoms with Gasteiger partial charge in [-0.15, -0.1) is 10.2 Å². The van der Waals surface area contributed by atoms with Crippen LogP contribution in [0.2, 0.25) is 0 Å². The van der Waals surface area contributed by atoms with Gasteiger partial charge in [-0.3, -0.25) is 0 Å². The molecule has 3 aromatic heterocycles. The molecule has 192 valence electrons. The Hall–Kier alpha value is -5.68. The average molecular weight is 528 g/mol. The number of hydrogen-bond acceptors (Lipinski definition) is 4. The van der Waals surface area contributed by atoms with Crippen LogP contribution in [0.5, 0.6) is 0 Å². The number of fused-ring (bicyclic) bond motifs is 7. The van der Waals surface area contributed by atoms with Crippen LogP contribution < -0.4 is 0 Å². The summed E-state index contributed by atoms with van der Waals surface area (Å²) >= 11 is 0. The molecule has 0 aliphatic rings. The molecule has 5 heteroatoms. The Labute approximate surface area is 233 Å². The number of furan rings is 2. The van der Waals surface area contributed by atoms with E-state index in [1.165, 1.54) is 0 Å². The zero-order chi connectivity index (χ0) is 26.9. The molecular formula is C36H21N3O2.